The lowest BCUT2D eigenvalue weighted by Crippen LogP contribution is -2.23. The molecule has 4 nitrogen and oxygen atoms in total. The maximum atomic E-state index is 4.45. The molecule has 18 heavy (non-hydrogen) atoms. The number of rotatable bonds is 6. The van der Waals surface area contributed by atoms with Gasteiger partial charge in [-0.05, 0) is 20.4 Å². The molecule has 0 aliphatic rings. The van der Waals surface area contributed by atoms with Gasteiger partial charge in [0.05, 0.1) is 11.0 Å². The smallest absolute Gasteiger partial charge is 0.110 e. The minimum atomic E-state index is 0.314. The summed E-state index contributed by atoms with van der Waals surface area (Å²) in [6, 6.07) is 0.314. The molecule has 5 heteroatoms. The molecule has 0 saturated carbocycles. The minimum Gasteiger partial charge on any atom is -0.335 e. The first-order chi connectivity index (χ1) is 8.74. The predicted molar refractivity (Wildman–Crippen MR) is 74.9 cm³/mol. The van der Waals surface area contributed by atoms with E-state index in [-0.39, 0.29) is 0 Å². The molecule has 0 bridgehead atoms. The van der Waals surface area contributed by atoms with Crippen LogP contribution in [0.4, 0.5) is 0 Å². The topological polar surface area (TPSA) is 42.7 Å². The second kappa shape index (κ2) is 6.11. The molecule has 1 atom stereocenters. The van der Waals surface area contributed by atoms with Crippen molar-refractivity contribution >= 4 is 11.3 Å². The van der Waals surface area contributed by atoms with E-state index in [4.69, 9.17) is 0 Å². The number of imidazole rings is 1. The van der Waals surface area contributed by atoms with E-state index in [9.17, 15) is 0 Å². The molecule has 2 heterocycles. The molecule has 0 spiro atoms. The largest absolute Gasteiger partial charge is 0.335 e. The second-order valence-corrected chi connectivity index (χ2v) is 5.49. The van der Waals surface area contributed by atoms with Crippen molar-refractivity contribution in [1.82, 2.24) is 19.9 Å². The number of aromatic nitrogens is 3. The van der Waals surface area contributed by atoms with Crippen molar-refractivity contribution < 1.29 is 0 Å². The molecule has 0 aromatic carbocycles. The summed E-state index contributed by atoms with van der Waals surface area (Å²) in [5.74, 6) is 1.13. The van der Waals surface area contributed by atoms with E-state index in [1.807, 2.05) is 25.5 Å². The lowest BCUT2D eigenvalue weighted by molar-refractivity contribution is 0.528. The molecule has 0 saturated heterocycles. The Morgan fingerprint density at radius 3 is 2.83 bits per heavy atom. The first-order valence-electron chi connectivity index (χ1n) is 6.40. The lowest BCUT2D eigenvalue weighted by Gasteiger charge is -2.16. The van der Waals surface area contributed by atoms with Gasteiger partial charge in [-0.25, -0.2) is 9.97 Å². The van der Waals surface area contributed by atoms with E-state index in [0.717, 1.165) is 30.3 Å². The van der Waals surface area contributed by atoms with Gasteiger partial charge in [0.1, 0.15) is 5.82 Å². The summed E-state index contributed by atoms with van der Waals surface area (Å²) in [5, 5.41) is 4.64. The zero-order valence-corrected chi connectivity index (χ0v) is 12.0. The highest BCUT2D eigenvalue weighted by Gasteiger charge is 2.16. The van der Waals surface area contributed by atoms with Crippen LogP contribution in [0.25, 0.3) is 0 Å². The second-order valence-electron chi connectivity index (χ2n) is 4.23. The summed E-state index contributed by atoms with van der Waals surface area (Å²) >= 11 is 1.76. The third-order valence-corrected chi connectivity index (χ3v) is 3.99. The average molecular weight is 264 g/mol. The van der Waals surface area contributed by atoms with Crippen LogP contribution >= 0.6 is 11.3 Å². The highest BCUT2D eigenvalue weighted by molar-refractivity contribution is 7.11. The van der Waals surface area contributed by atoms with Crippen molar-refractivity contribution in [2.24, 2.45) is 0 Å². The fourth-order valence-electron chi connectivity index (χ4n) is 2.06. The first kappa shape index (κ1) is 13.2. The lowest BCUT2D eigenvalue weighted by atomic mass is 10.1. The number of nitrogens with one attached hydrogen (secondary N) is 1. The Hall–Kier alpha value is -1.20. The zero-order chi connectivity index (χ0) is 13.0. The molecular formula is C13H20N4S. The number of aryl methyl sites for hydroxylation is 2. The number of nitrogens with zero attached hydrogens (tertiary/aromatic N) is 3. The Kier molecular flexibility index (Phi) is 4.49. The standard InChI is InChI=1S/C13H20N4S/c1-4-14-11(12-9-16-10(3)18-12)8-13-15-6-7-17(13)5-2/h6-7,9,11,14H,4-5,8H2,1-3H3. The third-order valence-electron chi connectivity index (χ3n) is 2.96. The Balaban J connectivity index is 2.16. The third kappa shape index (κ3) is 2.97. The molecule has 0 radical (unpaired) electrons. The molecule has 1 unspecified atom stereocenters. The van der Waals surface area contributed by atoms with Crippen molar-refractivity contribution in [3.05, 3.63) is 34.3 Å². The van der Waals surface area contributed by atoms with Crippen LogP contribution in [-0.2, 0) is 13.0 Å². The van der Waals surface area contributed by atoms with Gasteiger partial charge in [0.15, 0.2) is 0 Å². The predicted octanol–water partition coefficient (Wildman–Crippen LogP) is 2.56. The maximum absolute atomic E-state index is 4.45. The minimum absolute atomic E-state index is 0.314. The summed E-state index contributed by atoms with van der Waals surface area (Å²) in [5.41, 5.74) is 0. The van der Waals surface area contributed by atoms with Gasteiger partial charge in [0.25, 0.3) is 0 Å². The van der Waals surface area contributed by atoms with Crippen LogP contribution in [0.1, 0.15) is 35.6 Å². The van der Waals surface area contributed by atoms with Gasteiger partial charge in [-0.2, -0.15) is 0 Å². The highest BCUT2D eigenvalue weighted by Crippen LogP contribution is 2.23. The Morgan fingerprint density at radius 2 is 2.22 bits per heavy atom. The monoisotopic (exact) mass is 264 g/mol. The van der Waals surface area contributed by atoms with Crippen molar-refractivity contribution in [1.29, 1.82) is 0 Å². The fraction of sp³-hybridized carbons (Fsp3) is 0.538. The van der Waals surface area contributed by atoms with E-state index in [0.29, 0.717) is 6.04 Å². The van der Waals surface area contributed by atoms with E-state index in [1.54, 1.807) is 11.3 Å². The van der Waals surface area contributed by atoms with E-state index < -0.39 is 0 Å². The van der Waals surface area contributed by atoms with Crippen molar-refractivity contribution in [3.8, 4) is 0 Å². The summed E-state index contributed by atoms with van der Waals surface area (Å²) in [6.45, 7) is 8.24. The summed E-state index contributed by atoms with van der Waals surface area (Å²) in [6.07, 6.45) is 6.80. The van der Waals surface area contributed by atoms with Gasteiger partial charge in [-0.15, -0.1) is 11.3 Å². The molecular weight excluding hydrogens is 244 g/mol. The van der Waals surface area contributed by atoms with Gasteiger partial charge >= 0.3 is 0 Å². The number of hydrogen-bond acceptors (Lipinski definition) is 4. The van der Waals surface area contributed by atoms with Gasteiger partial charge in [0, 0.05) is 36.4 Å². The molecule has 2 aromatic heterocycles. The van der Waals surface area contributed by atoms with Crippen molar-refractivity contribution in [2.75, 3.05) is 6.54 Å². The molecule has 2 rings (SSSR count). The zero-order valence-electron chi connectivity index (χ0n) is 11.2. The molecule has 98 valence electrons. The maximum Gasteiger partial charge on any atom is 0.110 e. The highest BCUT2D eigenvalue weighted by atomic mass is 32.1. The van der Waals surface area contributed by atoms with Crippen LogP contribution in [0.15, 0.2) is 18.6 Å². The van der Waals surface area contributed by atoms with Crippen LogP contribution in [0.2, 0.25) is 0 Å². The van der Waals surface area contributed by atoms with E-state index in [2.05, 4.69) is 33.7 Å². The fourth-order valence-corrected chi connectivity index (χ4v) is 2.92. The number of likely N-dealkylation sites (N-methyl/N-ethyl adjacent to an activating group) is 1. The van der Waals surface area contributed by atoms with Gasteiger partial charge in [-0.3, -0.25) is 0 Å². The van der Waals surface area contributed by atoms with E-state index >= 15 is 0 Å². The molecule has 1 N–H and O–H groups in total. The first-order valence-corrected chi connectivity index (χ1v) is 7.22. The summed E-state index contributed by atoms with van der Waals surface area (Å²) in [4.78, 5) is 10.1. The SMILES string of the molecule is CCNC(Cc1nccn1CC)c1cnc(C)s1. The molecule has 0 amide bonds. The quantitative estimate of drug-likeness (QED) is 0.872. The molecule has 0 aliphatic heterocycles. The summed E-state index contributed by atoms with van der Waals surface area (Å²) in [7, 11) is 0. The molecule has 0 aliphatic carbocycles. The van der Waals surface area contributed by atoms with Crippen molar-refractivity contribution in [2.45, 2.75) is 39.8 Å². The number of hydrogen-bond donors (Lipinski definition) is 1. The Bertz CT molecular complexity index is 489. The molecule has 0 fully saturated rings. The van der Waals surface area contributed by atoms with Crippen molar-refractivity contribution in [3.63, 3.8) is 0 Å². The summed E-state index contributed by atoms with van der Waals surface area (Å²) < 4.78 is 2.19. The van der Waals surface area contributed by atoms with Crippen LogP contribution in [0.3, 0.4) is 0 Å². The average Bonchev–Trinajstić information content (AvgIpc) is 2.97. The van der Waals surface area contributed by atoms with Gasteiger partial charge < -0.3 is 9.88 Å². The van der Waals surface area contributed by atoms with Crippen LogP contribution < -0.4 is 5.32 Å². The Morgan fingerprint density at radius 1 is 1.39 bits per heavy atom. The Labute approximate surface area is 112 Å². The van der Waals surface area contributed by atoms with Gasteiger partial charge in [0.2, 0.25) is 0 Å². The van der Waals surface area contributed by atoms with Gasteiger partial charge in [-0.1, -0.05) is 6.92 Å². The number of thiazole rings is 1. The molecule has 2 aromatic rings. The van der Waals surface area contributed by atoms with Crippen LogP contribution in [0.5, 0.6) is 0 Å². The normalized spacial score (nSPS) is 12.8. The van der Waals surface area contributed by atoms with Crippen LogP contribution in [-0.4, -0.2) is 21.1 Å². The van der Waals surface area contributed by atoms with Crippen LogP contribution in [0, 0.1) is 6.92 Å². The van der Waals surface area contributed by atoms with E-state index in [1.165, 1.54) is 4.88 Å².